The van der Waals surface area contributed by atoms with Gasteiger partial charge >= 0.3 is 5.97 Å². The van der Waals surface area contributed by atoms with Gasteiger partial charge in [0.1, 0.15) is 12.4 Å². The highest BCUT2D eigenvalue weighted by molar-refractivity contribution is 6.30. The minimum atomic E-state index is -0.599. The average molecular weight is 312 g/mol. The first kappa shape index (κ1) is 15.3. The Balaban J connectivity index is 2.11. The van der Waals surface area contributed by atoms with E-state index in [1.165, 1.54) is 16.8 Å². The lowest BCUT2D eigenvalue weighted by molar-refractivity contribution is 0.0461. The molecule has 0 fully saturated rings. The van der Waals surface area contributed by atoms with Crippen LogP contribution in [-0.2, 0) is 24.8 Å². The first-order chi connectivity index (χ1) is 9.93. The van der Waals surface area contributed by atoms with Crippen LogP contribution in [0.3, 0.4) is 0 Å². The molecule has 0 bridgehead atoms. The number of anilines is 1. The van der Waals surface area contributed by atoms with Crippen molar-refractivity contribution >= 4 is 23.3 Å². The van der Waals surface area contributed by atoms with Crippen LogP contribution >= 0.6 is 11.6 Å². The summed E-state index contributed by atoms with van der Waals surface area (Å²) in [6.45, 7) is 1.82. The van der Waals surface area contributed by atoms with Gasteiger partial charge in [0.15, 0.2) is 5.69 Å². The number of rotatable bonds is 4. The molecule has 0 atom stereocenters. The fourth-order valence-corrected chi connectivity index (χ4v) is 2.06. The molecule has 112 valence electrons. The van der Waals surface area contributed by atoms with Crippen molar-refractivity contribution < 1.29 is 13.9 Å². The third-order valence-electron chi connectivity index (χ3n) is 3.04. The maximum Gasteiger partial charge on any atom is 0.359 e. The summed E-state index contributed by atoms with van der Waals surface area (Å²) in [6.07, 6.45) is 0.620. The van der Waals surface area contributed by atoms with Crippen molar-refractivity contribution in [1.82, 2.24) is 9.78 Å². The van der Waals surface area contributed by atoms with E-state index in [1.54, 1.807) is 13.1 Å². The Morgan fingerprint density at radius 1 is 1.52 bits per heavy atom. The molecule has 2 rings (SSSR count). The van der Waals surface area contributed by atoms with E-state index in [2.05, 4.69) is 5.10 Å². The summed E-state index contributed by atoms with van der Waals surface area (Å²) in [7, 11) is 1.62. The quantitative estimate of drug-likeness (QED) is 0.881. The van der Waals surface area contributed by atoms with Crippen LogP contribution in [0.4, 0.5) is 10.1 Å². The number of hydrogen-bond acceptors (Lipinski definition) is 4. The Hall–Kier alpha value is -2.08. The smallest absolute Gasteiger partial charge is 0.359 e. The molecule has 0 radical (unpaired) electrons. The molecule has 21 heavy (non-hydrogen) atoms. The average Bonchev–Trinajstić information content (AvgIpc) is 2.74. The molecule has 1 heterocycles. The molecule has 7 heteroatoms. The van der Waals surface area contributed by atoms with Gasteiger partial charge in [-0.15, -0.1) is 0 Å². The zero-order valence-corrected chi connectivity index (χ0v) is 12.4. The molecular weight excluding hydrogens is 297 g/mol. The van der Waals surface area contributed by atoms with Gasteiger partial charge in [-0.3, -0.25) is 4.68 Å². The van der Waals surface area contributed by atoms with Gasteiger partial charge in [0.25, 0.3) is 0 Å². The van der Waals surface area contributed by atoms with Crippen LogP contribution in [0.5, 0.6) is 0 Å². The monoisotopic (exact) mass is 311 g/mol. The Morgan fingerprint density at radius 3 is 2.81 bits per heavy atom. The number of carbonyl (C=O) groups excluding carboxylic acids is 1. The number of nitrogens with zero attached hydrogens (tertiary/aromatic N) is 2. The summed E-state index contributed by atoms with van der Waals surface area (Å²) in [5.41, 5.74) is 7.52. The molecule has 0 spiro atoms. The molecule has 0 unspecified atom stereocenters. The van der Waals surface area contributed by atoms with Gasteiger partial charge in [-0.05, 0) is 24.1 Å². The Bertz CT molecular complexity index is 685. The molecule has 0 saturated heterocycles. The van der Waals surface area contributed by atoms with Gasteiger partial charge in [0.2, 0.25) is 0 Å². The van der Waals surface area contributed by atoms with Crippen LogP contribution in [0.1, 0.15) is 28.7 Å². The number of benzene rings is 1. The van der Waals surface area contributed by atoms with Gasteiger partial charge in [-0.25, -0.2) is 9.18 Å². The van der Waals surface area contributed by atoms with Gasteiger partial charge in [-0.1, -0.05) is 24.6 Å². The third kappa shape index (κ3) is 3.16. The topological polar surface area (TPSA) is 70.1 Å². The lowest BCUT2D eigenvalue weighted by Gasteiger charge is -2.06. The van der Waals surface area contributed by atoms with E-state index >= 15 is 0 Å². The first-order valence-corrected chi connectivity index (χ1v) is 6.74. The number of hydrogen-bond donors (Lipinski definition) is 1. The maximum absolute atomic E-state index is 13.3. The Labute approximate surface area is 126 Å². The molecule has 1 aromatic heterocycles. The van der Waals surface area contributed by atoms with E-state index < -0.39 is 11.8 Å². The van der Waals surface area contributed by atoms with Crippen molar-refractivity contribution in [3.05, 3.63) is 46.0 Å². The van der Waals surface area contributed by atoms with Crippen molar-refractivity contribution in [1.29, 1.82) is 0 Å². The summed E-state index contributed by atoms with van der Waals surface area (Å²) in [4.78, 5) is 12.1. The van der Waals surface area contributed by atoms with Crippen LogP contribution in [0.25, 0.3) is 0 Å². The molecule has 0 aliphatic rings. The summed E-state index contributed by atoms with van der Waals surface area (Å²) in [5.74, 6) is -1.16. The molecule has 2 N–H and O–H groups in total. The zero-order chi connectivity index (χ0) is 15.6. The van der Waals surface area contributed by atoms with Gasteiger partial charge < -0.3 is 10.5 Å². The predicted octanol–water partition coefficient (Wildman–Crippen LogP) is 2.71. The molecule has 1 aromatic carbocycles. The van der Waals surface area contributed by atoms with Gasteiger partial charge in [0, 0.05) is 7.05 Å². The summed E-state index contributed by atoms with van der Waals surface area (Å²) in [6, 6.07) is 4.22. The largest absolute Gasteiger partial charge is 0.456 e. The van der Waals surface area contributed by atoms with E-state index in [0.717, 1.165) is 0 Å². The van der Waals surface area contributed by atoms with Crippen LogP contribution < -0.4 is 5.73 Å². The SMILES string of the molecule is CCc1nn(C)c(C(=O)OCc2ccc(Cl)c(F)c2)c1N. The van der Waals surface area contributed by atoms with Crippen LogP contribution in [-0.4, -0.2) is 15.7 Å². The predicted molar refractivity (Wildman–Crippen MR) is 77.5 cm³/mol. The van der Waals surface area contributed by atoms with E-state index in [9.17, 15) is 9.18 Å². The maximum atomic E-state index is 13.3. The number of nitrogens with two attached hydrogens (primary N) is 1. The van der Waals surface area contributed by atoms with Crippen molar-refractivity contribution in [2.75, 3.05) is 5.73 Å². The van der Waals surface area contributed by atoms with Crippen molar-refractivity contribution in [2.24, 2.45) is 7.05 Å². The van der Waals surface area contributed by atoms with E-state index in [0.29, 0.717) is 23.4 Å². The van der Waals surface area contributed by atoms with Crippen molar-refractivity contribution in [2.45, 2.75) is 20.0 Å². The van der Waals surface area contributed by atoms with Crippen molar-refractivity contribution in [3.63, 3.8) is 0 Å². The van der Waals surface area contributed by atoms with Gasteiger partial charge in [-0.2, -0.15) is 5.10 Å². The highest BCUT2D eigenvalue weighted by atomic mass is 35.5. The standard InChI is InChI=1S/C14H15ClFN3O2/c1-3-11-12(17)13(19(2)18-11)14(20)21-7-8-4-5-9(15)10(16)6-8/h4-6H,3,7,17H2,1-2H3. The second kappa shape index (κ2) is 6.13. The number of carbonyl (C=O) groups is 1. The minimum absolute atomic E-state index is 0.0218. The number of nitrogen functional groups attached to an aromatic ring is 1. The molecule has 0 amide bonds. The van der Waals surface area contributed by atoms with E-state index in [-0.39, 0.29) is 17.3 Å². The molecule has 2 aromatic rings. The normalized spacial score (nSPS) is 10.7. The summed E-state index contributed by atoms with van der Waals surface area (Å²) < 4.78 is 19.8. The number of aryl methyl sites for hydroxylation is 2. The molecular formula is C14H15ClFN3O2. The number of halogens is 2. The lowest BCUT2D eigenvalue weighted by atomic mass is 10.2. The van der Waals surface area contributed by atoms with E-state index in [4.69, 9.17) is 22.1 Å². The van der Waals surface area contributed by atoms with Crippen LogP contribution in [0.15, 0.2) is 18.2 Å². The summed E-state index contributed by atoms with van der Waals surface area (Å²) in [5, 5.41) is 4.17. The van der Waals surface area contributed by atoms with Crippen LogP contribution in [0, 0.1) is 5.82 Å². The van der Waals surface area contributed by atoms with Crippen LogP contribution in [0.2, 0.25) is 5.02 Å². The first-order valence-electron chi connectivity index (χ1n) is 6.36. The molecule has 0 aliphatic carbocycles. The second-order valence-corrected chi connectivity index (χ2v) is 4.92. The van der Waals surface area contributed by atoms with E-state index in [1.807, 2.05) is 6.92 Å². The zero-order valence-electron chi connectivity index (χ0n) is 11.7. The lowest BCUT2D eigenvalue weighted by Crippen LogP contribution is -2.12. The molecule has 5 nitrogen and oxygen atoms in total. The number of aromatic nitrogens is 2. The minimum Gasteiger partial charge on any atom is -0.456 e. The second-order valence-electron chi connectivity index (χ2n) is 4.51. The molecule has 0 saturated carbocycles. The Kier molecular flexibility index (Phi) is 4.47. The fraction of sp³-hybridized carbons (Fsp3) is 0.286. The number of ether oxygens (including phenoxy) is 1. The molecule has 0 aliphatic heterocycles. The summed E-state index contributed by atoms with van der Waals surface area (Å²) >= 11 is 5.59. The highest BCUT2D eigenvalue weighted by Crippen LogP contribution is 2.20. The number of esters is 1. The highest BCUT2D eigenvalue weighted by Gasteiger charge is 2.20. The Morgan fingerprint density at radius 2 is 2.24 bits per heavy atom. The third-order valence-corrected chi connectivity index (χ3v) is 3.35. The fourth-order valence-electron chi connectivity index (χ4n) is 1.95. The van der Waals surface area contributed by atoms with Gasteiger partial charge in [0.05, 0.1) is 16.4 Å². The van der Waals surface area contributed by atoms with Crippen molar-refractivity contribution in [3.8, 4) is 0 Å².